The maximum absolute atomic E-state index is 2.26. The van der Waals surface area contributed by atoms with Gasteiger partial charge < -0.3 is 24.8 Å². The quantitative estimate of drug-likeness (QED) is 0.495. The van der Waals surface area contributed by atoms with Gasteiger partial charge in [0.2, 0.25) is 0 Å². The fourth-order valence-electron chi connectivity index (χ4n) is 1.36. The van der Waals surface area contributed by atoms with Gasteiger partial charge in [-0.15, -0.1) is 0 Å². The Bertz CT molecular complexity index is 336. The van der Waals surface area contributed by atoms with Gasteiger partial charge in [0.15, 0.2) is 0 Å². The Balaban J connectivity index is 0.00000112. The van der Waals surface area contributed by atoms with Crippen LogP contribution in [0.2, 0.25) is 0 Å². The summed E-state index contributed by atoms with van der Waals surface area (Å²) in [6.45, 7) is 0. The predicted molar refractivity (Wildman–Crippen MR) is 62.0 cm³/mol. The molecule has 2 aromatic rings. The van der Waals surface area contributed by atoms with E-state index in [4.69, 9.17) is 0 Å². The van der Waals surface area contributed by atoms with Gasteiger partial charge in [-0.3, -0.25) is 0 Å². The van der Waals surface area contributed by atoms with Crippen molar-refractivity contribution in [3.63, 3.8) is 0 Å². The fourth-order valence-corrected chi connectivity index (χ4v) is 4.42. The summed E-state index contributed by atoms with van der Waals surface area (Å²) in [5.74, 6) is 0. The molecule has 0 fully saturated rings. The van der Waals surface area contributed by atoms with E-state index in [0.717, 1.165) is 0 Å². The molecule has 0 aliphatic rings. The van der Waals surface area contributed by atoms with Gasteiger partial charge in [0.25, 0.3) is 0 Å². The van der Waals surface area contributed by atoms with Gasteiger partial charge in [0.1, 0.15) is 0 Å². The van der Waals surface area contributed by atoms with Crippen LogP contribution in [-0.4, -0.2) is 21.1 Å². The van der Waals surface area contributed by atoms with Gasteiger partial charge in [-0.2, -0.15) is 0 Å². The van der Waals surface area contributed by atoms with Gasteiger partial charge in [-0.1, -0.05) is 0 Å². The molecular weight excluding hydrogens is 346 g/mol. The Hall–Kier alpha value is -0.181. The van der Waals surface area contributed by atoms with E-state index in [0.29, 0.717) is 0 Å². The molecular formula is C13H12Cl2Sn. The molecule has 16 heavy (non-hydrogen) atoms. The number of benzene rings is 2. The van der Waals surface area contributed by atoms with Gasteiger partial charge in [-0.05, 0) is 0 Å². The third-order valence-electron chi connectivity index (χ3n) is 2.11. The van der Waals surface area contributed by atoms with Crippen LogP contribution in [0.25, 0.3) is 0 Å². The fraction of sp³-hybridized carbons (Fsp3) is 0.0769. The summed E-state index contributed by atoms with van der Waals surface area (Å²) in [7, 11) is 0. The van der Waals surface area contributed by atoms with Crippen LogP contribution in [0.5, 0.6) is 0 Å². The van der Waals surface area contributed by atoms with E-state index in [2.05, 4.69) is 60.7 Å². The first-order valence-corrected chi connectivity index (χ1v) is 8.22. The van der Waals surface area contributed by atoms with Crippen LogP contribution < -0.4 is 28.4 Å². The average Bonchev–Trinajstić information content (AvgIpc) is 2.29. The van der Waals surface area contributed by atoms with Crippen molar-refractivity contribution in [2.24, 2.45) is 0 Å². The Kier molecular flexibility index (Phi) is 8.81. The molecule has 0 radical (unpaired) electrons. The van der Waals surface area contributed by atoms with E-state index in [1.54, 1.807) is 3.58 Å². The van der Waals surface area contributed by atoms with Crippen molar-refractivity contribution >= 4 is 24.7 Å². The van der Waals surface area contributed by atoms with Crippen molar-refractivity contribution in [3.05, 3.63) is 66.2 Å². The van der Waals surface area contributed by atoms with Gasteiger partial charge in [0.05, 0.1) is 0 Å². The van der Waals surface area contributed by atoms with Crippen molar-refractivity contribution in [1.82, 2.24) is 0 Å². The Labute approximate surface area is 120 Å². The number of hydrogen-bond donors (Lipinski definition) is 0. The maximum atomic E-state index is 2.26. The Morgan fingerprint density at radius 3 is 1.75 bits per heavy atom. The molecule has 2 aromatic carbocycles. The first kappa shape index (κ1) is 15.8. The number of hydrogen-bond acceptors (Lipinski definition) is 0. The van der Waals surface area contributed by atoms with Crippen LogP contribution in [0.15, 0.2) is 60.7 Å². The molecule has 0 heterocycles. The van der Waals surface area contributed by atoms with Crippen LogP contribution in [0, 0.1) is 0 Å². The van der Waals surface area contributed by atoms with Crippen LogP contribution in [-0.2, 0) is 4.44 Å². The number of rotatable bonds is 3. The SMILES string of the molecule is [Cl-].[Cl-].c1ccc([CH2][Sn+2][c]2ccccc2)cc1. The van der Waals surface area contributed by atoms with E-state index >= 15 is 0 Å². The molecule has 0 saturated heterocycles. The molecule has 0 saturated carbocycles. The molecule has 0 bridgehead atoms. The zero-order chi connectivity index (χ0) is 9.64. The standard InChI is InChI=1S/C7H7.C6H5.2ClH.Sn/c1-7-5-3-2-4-6-7;1-2-4-6-5-3-1;;;/h2-6H,1H2;1-5H;2*1H;/q;;;;+2/p-2. The van der Waals surface area contributed by atoms with E-state index in [1.807, 2.05) is 0 Å². The normalized spacial score (nSPS) is 8.25. The molecule has 0 atom stereocenters. The second-order valence-electron chi connectivity index (χ2n) is 3.21. The van der Waals surface area contributed by atoms with E-state index < -0.39 is 0 Å². The van der Waals surface area contributed by atoms with Crippen LogP contribution in [0.4, 0.5) is 0 Å². The second-order valence-corrected chi connectivity index (χ2v) is 6.87. The Morgan fingerprint density at radius 1 is 0.688 bits per heavy atom. The third-order valence-corrected chi connectivity index (χ3v) is 5.90. The predicted octanol–water partition coefficient (Wildman–Crippen LogP) is -3.78. The second kappa shape index (κ2) is 8.91. The van der Waals surface area contributed by atoms with E-state index in [-0.39, 0.29) is 46.0 Å². The summed E-state index contributed by atoms with van der Waals surface area (Å²) in [5.41, 5.74) is 1.49. The molecule has 0 N–H and O–H groups in total. The minimum absolute atomic E-state index is 0. The van der Waals surface area contributed by atoms with Gasteiger partial charge >= 0.3 is 95.4 Å². The van der Waals surface area contributed by atoms with Crippen LogP contribution in [0.1, 0.15) is 5.56 Å². The molecule has 0 nitrogen and oxygen atoms in total. The summed E-state index contributed by atoms with van der Waals surface area (Å²) in [6, 6.07) is 21.7. The summed E-state index contributed by atoms with van der Waals surface area (Å²) in [6.07, 6.45) is 0. The first-order chi connectivity index (χ1) is 6.95. The topological polar surface area (TPSA) is 0 Å². The van der Waals surface area contributed by atoms with Crippen molar-refractivity contribution < 1.29 is 24.8 Å². The van der Waals surface area contributed by atoms with Crippen molar-refractivity contribution in [2.45, 2.75) is 4.44 Å². The summed E-state index contributed by atoms with van der Waals surface area (Å²) < 4.78 is 2.88. The molecule has 2 rings (SSSR count). The molecule has 0 aromatic heterocycles. The minimum atomic E-state index is -0.387. The van der Waals surface area contributed by atoms with Crippen LogP contribution >= 0.6 is 0 Å². The molecule has 0 aliphatic heterocycles. The number of halogens is 2. The molecule has 3 heteroatoms. The average molecular weight is 358 g/mol. The van der Waals surface area contributed by atoms with Crippen molar-refractivity contribution in [3.8, 4) is 0 Å². The summed E-state index contributed by atoms with van der Waals surface area (Å²) >= 11 is -0.387. The first-order valence-electron chi connectivity index (χ1n) is 4.78. The van der Waals surface area contributed by atoms with E-state index in [1.165, 1.54) is 10.0 Å². The summed E-state index contributed by atoms with van der Waals surface area (Å²) in [4.78, 5) is 0. The van der Waals surface area contributed by atoms with Crippen LogP contribution in [0.3, 0.4) is 0 Å². The van der Waals surface area contributed by atoms with E-state index in [9.17, 15) is 0 Å². The summed E-state index contributed by atoms with van der Waals surface area (Å²) in [5, 5.41) is 0. The van der Waals surface area contributed by atoms with Gasteiger partial charge in [-0.25, -0.2) is 0 Å². The molecule has 0 aliphatic carbocycles. The third kappa shape index (κ3) is 5.24. The molecule has 82 valence electrons. The zero-order valence-corrected chi connectivity index (χ0v) is 13.1. The monoisotopic (exact) mass is 358 g/mol. The van der Waals surface area contributed by atoms with Crippen molar-refractivity contribution in [2.75, 3.05) is 0 Å². The molecule has 0 spiro atoms. The van der Waals surface area contributed by atoms with Crippen molar-refractivity contribution in [1.29, 1.82) is 0 Å². The Morgan fingerprint density at radius 2 is 1.19 bits per heavy atom. The van der Waals surface area contributed by atoms with Gasteiger partial charge in [0, 0.05) is 0 Å². The zero-order valence-electron chi connectivity index (χ0n) is 8.74. The molecule has 0 unspecified atom stereocenters. The molecule has 0 amide bonds.